The van der Waals surface area contributed by atoms with Crippen LogP contribution in [0, 0.1) is 0 Å². The van der Waals surface area contributed by atoms with Gasteiger partial charge >= 0.3 is 0 Å². The fourth-order valence-electron chi connectivity index (χ4n) is 1.87. The molecule has 2 heterocycles. The fraction of sp³-hybridized carbons (Fsp3) is 0.455. The van der Waals surface area contributed by atoms with E-state index in [1.54, 1.807) is 6.26 Å². The Morgan fingerprint density at radius 1 is 1.50 bits per heavy atom. The number of hydrogen-bond acceptors (Lipinski definition) is 3. The average molecular weight is 192 g/mol. The highest BCUT2D eigenvalue weighted by molar-refractivity contribution is 5.11. The van der Waals surface area contributed by atoms with Crippen molar-refractivity contribution in [3.63, 3.8) is 0 Å². The zero-order chi connectivity index (χ0) is 9.80. The molecule has 1 saturated heterocycles. The van der Waals surface area contributed by atoms with Crippen LogP contribution < -0.4 is 5.32 Å². The van der Waals surface area contributed by atoms with Crippen LogP contribution in [0.3, 0.4) is 0 Å². The van der Waals surface area contributed by atoms with E-state index in [1.165, 1.54) is 0 Å². The van der Waals surface area contributed by atoms with E-state index in [4.69, 9.17) is 4.42 Å². The molecule has 3 nitrogen and oxygen atoms in total. The van der Waals surface area contributed by atoms with Gasteiger partial charge in [-0.25, -0.2) is 0 Å². The Hall–Kier alpha value is -1.06. The van der Waals surface area contributed by atoms with E-state index in [-0.39, 0.29) is 6.04 Å². The van der Waals surface area contributed by atoms with Gasteiger partial charge in [0, 0.05) is 26.2 Å². The molecule has 76 valence electrons. The highest BCUT2D eigenvalue weighted by Gasteiger charge is 2.20. The van der Waals surface area contributed by atoms with Crippen LogP contribution in [0.5, 0.6) is 0 Å². The summed E-state index contributed by atoms with van der Waals surface area (Å²) in [7, 11) is 0. The van der Waals surface area contributed by atoms with E-state index in [1.807, 2.05) is 18.2 Å². The van der Waals surface area contributed by atoms with Crippen LogP contribution in [-0.4, -0.2) is 31.1 Å². The smallest absolute Gasteiger partial charge is 0.124 e. The summed E-state index contributed by atoms with van der Waals surface area (Å²) in [5, 5.41) is 3.33. The number of furan rings is 1. The summed E-state index contributed by atoms with van der Waals surface area (Å²) >= 11 is 0. The molecule has 1 fully saturated rings. The third-order valence-electron chi connectivity index (χ3n) is 2.60. The maximum Gasteiger partial charge on any atom is 0.124 e. The minimum Gasteiger partial charge on any atom is -0.467 e. The van der Waals surface area contributed by atoms with Gasteiger partial charge < -0.3 is 9.73 Å². The summed E-state index contributed by atoms with van der Waals surface area (Å²) in [5.41, 5.74) is 0. The average Bonchev–Trinajstić information content (AvgIpc) is 2.74. The predicted molar refractivity (Wildman–Crippen MR) is 56.1 cm³/mol. The zero-order valence-corrected chi connectivity index (χ0v) is 8.28. The Balaban J connectivity index is 2.08. The molecule has 1 aliphatic heterocycles. The van der Waals surface area contributed by atoms with E-state index in [2.05, 4.69) is 16.8 Å². The molecule has 0 radical (unpaired) electrons. The summed E-state index contributed by atoms with van der Waals surface area (Å²) in [5.74, 6) is 0.988. The maximum atomic E-state index is 5.41. The van der Waals surface area contributed by atoms with Crippen LogP contribution in [0.1, 0.15) is 11.8 Å². The van der Waals surface area contributed by atoms with Crippen LogP contribution in [0.25, 0.3) is 0 Å². The monoisotopic (exact) mass is 192 g/mol. The highest BCUT2D eigenvalue weighted by atomic mass is 16.3. The van der Waals surface area contributed by atoms with Gasteiger partial charge in [-0.1, -0.05) is 6.08 Å². The SMILES string of the molecule is C=C[C@@H](c1ccco1)N1CCNCC1. The first-order chi connectivity index (χ1) is 6.92. The van der Waals surface area contributed by atoms with Gasteiger partial charge in [0.2, 0.25) is 0 Å². The first kappa shape index (κ1) is 9.49. The van der Waals surface area contributed by atoms with Crippen molar-refractivity contribution < 1.29 is 4.42 Å². The van der Waals surface area contributed by atoms with Gasteiger partial charge in [0.1, 0.15) is 5.76 Å². The van der Waals surface area contributed by atoms with Crippen molar-refractivity contribution in [2.45, 2.75) is 6.04 Å². The van der Waals surface area contributed by atoms with Crippen molar-refractivity contribution in [1.29, 1.82) is 0 Å². The summed E-state index contributed by atoms with van der Waals surface area (Å²) in [4.78, 5) is 2.38. The molecule has 1 N–H and O–H groups in total. The van der Waals surface area contributed by atoms with Crippen molar-refractivity contribution in [1.82, 2.24) is 10.2 Å². The molecular formula is C11H16N2O. The Morgan fingerprint density at radius 3 is 2.86 bits per heavy atom. The molecular weight excluding hydrogens is 176 g/mol. The highest BCUT2D eigenvalue weighted by Crippen LogP contribution is 2.22. The molecule has 2 rings (SSSR count). The second-order valence-corrected chi connectivity index (χ2v) is 3.48. The Bertz CT molecular complexity index is 275. The number of nitrogens with zero attached hydrogens (tertiary/aromatic N) is 1. The predicted octanol–water partition coefficient (Wildman–Crippen LogP) is 1.41. The summed E-state index contributed by atoms with van der Waals surface area (Å²) < 4.78 is 5.41. The van der Waals surface area contributed by atoms with Crippen molar-refractivity contribution in [3.05, 3.63) is 36.8 Å². The van der Waals surface area contributed by atoms with Crippen LogP contribution in [-0.2, 0) is 0 Å². The van der Waals surface area contributed by atoms with Gasteiger partial charge in [-0.3, -0.25) is 4.90 Å². The molecule has 0 bridgehead atoms. The molecule has 0 aliphatic carbocycles. The van der Waals surface area contributed by atoms with Crippen LogP contribution in [0.2, 0.25) is 0 Å². The van der Waals surface area contributed by atoms with Gasteiger partial charge in [-0.2, -0.15) is 0 Å². The van der Waals surface area contributed by atoms with Crippen LogP contribution >= 0.6 is 0 Å². The number of hydrogen-bond donors (Lipinski definition) is 1. The Morgan fingerprint density at radius 2 is 2.29 bits per heavy atom. The molecule has 0 unspecified atom stereocenters. The quantitative estimate of drug-likeness (QED) is 0.734. The molecule has 1 aromatic rings. The second-order valence-electron chi connectivity index (χ2n) is 3.48. The van der Waals surface area contributed by atoms with Crippen molar-refractivity contribution in [2.75, 3.05) is 26.2 Å². The van der Waals surface area contributed by atoms with E-state index >= 15 is 0 Å². The normalized spacial score (nSPS) is 20.6. The van der Waals surface area contributed by atoms with Crippen molar-refractivity contribution in [3.8, 4) is 0 Å². The first-order valence-electron chi connectivity index (χ1n) is 5.02. The molecule has 0 spiro atoms. The van der Waals surface area contributed by atoms with E-state index in [9.17, 15) is 0 Å². The molecule has 3 heteroatoms. The van der Waals surface area contributed by atoms with Crippen LogP contribution in [0.4, 0.5) is 0 Å². The standard InChI is InChI=1S/C11H16N2O/c1-2-10(11-4-3-9-14-11)13-7-5-12-6-8-13/h2-4,9-10,12H,1,5-8H2/t10-/m0/s1. The fourth-order valence-corrected chi connectivity index (χ4v) is 1.87. The number of piperazine rings is 1. The van der Waals surface area contributed by atoms with Crippen LogP contribution in [0.15, 0.2) is 35.5 Å². The second kappa shape index (κ2) is 4.44. The lowest BCUT2D eigenvalue weighted by molar-refractivity contribution is 0.185. The molecule has 1 atom stereocenters. The minimum atomic E-state index is 0.229. The minimum absolute atomic E-state index is 0.229. The topological polar surface area (TPSA) is 28.4 Å². The van der Waals surface area contributed by atoms with Gasteiger partial charge in [0.05, 0.1) is 12.3 Å². The summed E-state index contributed by atoms with van der Waals surface area (Å²) in [6.07, 6.45) is 3.66. The van der Waals surface area contributed by atoms with Crippen molar-refractivity contribution in [2.24, 2.45) is 0 Å². The van der Waals surface area contributed by atoms with E-state index in [0.29, 0.717) is 0 Å². The third kappa shape index (κ3) is 1.89. The van der Waals surface area contributed by atoms with Gasteiger partial charge in [-0.15, -0.1) is 6.58 Å². The molecule has 0 amide bonds. The third-order valence-corrected chi connectivity index (χ3v) is 2.60. The van der Waals surface area contributed by atoms with E-state index in [0.717, 1.165) is 31.9 Å². The lowest BCUT2D eigenvalue weighted by Gasteiger charge is -2.31. The molecule has 1 aromatic heterocycles. The molecule has 14 heavy (non-hydrogen) atoms. The number of nitrogens with one attached hydrogen (secondary N) is 1. The number of rotatable bonds is 3. The van der Waals surface area contributed by atoms with E-state index < -0.39 is 0 Å². The largest absolute Gasteiger partial charge is 0.467 e. The molecule has 1 aliphatic rings. The lowest BCUT2D eigenvalue weighted by atomic mass is 10.1. The Kier molecular flexibility index (Phi) is 3.01. The van der Waals surface area contributed by atoms with Gasteiger partial charge in [-0.05, 0) is 12.1 Å². The van der Waals surface area contributed by atoms with Gasteiger partial charge in [0.25, 0.3) is 0 Å². The lowest BCUT2D eigenvalue weighted by Crippen LogP contribution is -2.44. The Labute approximate surface area is 84.4 Å². The van der Waals surface area contributed by atoms with Crippen molar-refractivity contribution >= 4 is 0 Å². The zero-order valence-electron chi connectivity index (χ0n) is 8.28. The van der Waals surface area contributed by atoms with Gasteiger partial charge in [0.15, 0.2) is 0 Å². The summed E-state index contributed by atoms with van der Waals surface area (Å²) in [6, 6.07) is 4.16. The first-order valence-corrected chi connectivity index (χ1v) is 5.02. The summed E-state index contributed by atoms with van der Waals surface area (Å²) in [6.45, 7) is 8.07. The molecule has 0 saturated carbocycles. The molecule has 0 aromatic carbocycles. The maximum absolute atomic E-state index is 5.41.